The molecule has 1 saturated heterocycles. The highest BCUT2D eigenvalue weighted by Gasteiger charge is 2.11. The van der Waals surface area contributed by atoms with Gasteiger partial charge in [0.2, 0.25) is 5.91 Å². The van der Waals surface area contributed by atoms with Gasteiger partial charge in [0.15, 0.2) is 11.5 Å². The summed E-state index contributed by atoms with van der Waals surface area (Å²) in [6.45, 7) is 3.28. The Balaban J connectivity index is 1.59. The number of carbonyl (C=O) groups is 1. The Morgan fingerprint density at radius 2 is 1.74 bits per heavy atom. The number of methoxy groups -OCH3 is 2. The Labute approximate surface area is 159 Å². The van der Waals surface area contributed by atoms with Crippen LogP contribution in [0.3, 0.4) is 0 Å². The van der Waals surface area contributed by atoms with Gasteiger partial charge in [-0.1, -0.05) is 6.07 Å². The third-order valence-corrected chi connectivity index (χ3v) is 4.35. The average Bonchev–Trinajstić information content (AvgIpc) is 2.73. The Hall–Kier alpha value is -2.99. The highest BCUT2D eigenvalue weighted by atomic mass is 16.5. The summed E-state index contributed by atoms with van der Waals surface area (Å²) in [6, 6.07) is 13.3. The highest BCUT2D eigenvalue weighted by Crippen LogP contribution is 2.28. The van der Waals surface area contributed by atoms with Crippen molar-refractivity contribution in [2.45, 2.75) is 0 Å². The average molecular weight is 368 g/mol. The SMILES string of the molecule is COc1ccc(C=CC(=O)Nc2ccc(N3CCOCC3)cc2)cc1OC. The van der Waals surface area contributed by atoms with Gasteiger partial charge in [0.05, 0.1) is 27.4 Å². The number of anilines is 2. The Kier molecular flexibility index (Phi) is 6.33. The van der Waals surface area contributed by atoms with Gasteiger partial charge in [0.25, 0.3) is 0 Å². The van der Waals surface area contributed by atoms with E-state index in [4.69, 9.17) is 14.2 Å². The van der Waals surface area contributed by atoms with Gasteiger partial charge < -0.3 is 24.4 Å². The fourth-order valence-corrected chi connectivity index (χ4v) is 2.89. The fraction of sp³-hybridized carbons (Fsp3) is 0.286. The topological polar surface area (TPSA) is 60.0 Å². The van der Waals surface area contributed by atoms with Crippen molar-refractivity contribution in [2.75, 3.05) is 50.7 Å². The minimum atomic E-state index is -0.191. The van der Waals surface area contributed by atoms with E-state index < -0.39 is 0 Å². The van der Waals surface area contributed by atoms with Gasteiger partial charge in [-0.2, -0.15) is 0 Å². The molecule has 3 rings (SSSR count). The summed E-state index contributed by atoms with van der Waals surface area (Å²) >= 11 is 0. The first kappa shape index (κ1) is 18.8. The van der Waals surface area contributed by atoms with Gasteiger partial charge in [-0.25, -0.2) is 0 Å². The molecule has 1 aliphatic rings. The molecule has 0 saturated carbocycles. The van der Waals surface area contributed by atoms with Crippen LogP contribution in [-0.4, -0.2) is 46.4 Å². The lowest BCUT2D eigenvalue weighted by Crippen LogP contribution is -2.36. The molecule has 0 unspecified atom stereocenters. The lowest BCUT2D eigenvalue weighted by atomic mass is 10.2. The van der Waals surface area contributed by atoms with Crippen molar-refractivity contribution in [1.82, 2.24) is 0 Å². The second-order valence-corrected chi connectivity index (χ2v) is 6.08. The predicted octanol–water partition coefficient (Wildman–Crippen LogP) is 3.19. The standard InChI is InChI=1S/C21H24N2O4/c1-25-19-9-3-16(15-20(19)26-2)4-10-21(24)22-17-5-7-18(8-6-17)23-11-13-27-14-12-23/h3-10,15H,11-14H2,1-2H3,(H,22,24). The molecule has 0 bridgehead atoms. The minimum absolute atomic E-state index is 0.191. The Morgan fingerprint density at radius 3 is 2.41 bits per heavy atom. The molecule has 6 heteroatoms. The van der Waals surface area contributed by atoms with E-state index in [0.717, 1.165) is 43.2 Å². The first-order valence-electron chi connectivity index (χ1n) is 8.83. The number of benzene rings is 2. The van der Waals surface area contributed by atoms with E-state index in [9.17, 15) is 4.79 Å². The monoisotopic (exact) mass is 368 g/mol. The van der Waals surface area contributed by atoms with Crippen LogP contribution in [0.4, 0.5) is 11.4 Å². The Morgan fingerprint density at radius 1 is 1.04 bits per heavy atom. The summed E-state index contributed by atoms with van der Waals surface area (Å²) in [5.41, 5.74) is 2.75. The van der Waals surface area contributed by atoms with E-state index in [1.165, 1.54) is 6.08 Å². The highest BCUT2D eigenvalue weighted by molar-refractivity contribution is 6.02. The molecule has 27 heavy (non-hydrogen) atoms. The van der Waals surface area contributed by atoms with Gasteiger partial charge in [0, 0.05) is 30.5 Å². The van der Waals surface area contributed by atoms with Crippen LogP contribution in [0.15, 0.2) is 48.5 Å². The molecule has 1 heterocycles. The molecule has 2 aromatic rings. The second-order valence-electron chi connectivity index (χ2n) is 6.08. The third kappa shape index (κ3) is 5.01. The molecule has 0 spiro atoms. The van der Waals surface area contributed by atoms with E-state index in [1.807, 2.05) is 36.4 Å². The van der Waals surface area contributed by atoms with Crippen molar-refractivity contribution in [3.8, 4) is 11.5 Å². The van der Waals surface area contributed by atoms with Crippen molar-refractivity contribution in [1.29, 1.82) is 0 Å². The van der Waals surface area contributed by atoms with Gasteiger partial charge >= 0.3 is 0 Å². The van der Waals surface area contributed by atoms with Crippen molar-refractivity contribution >= 4 is 23.4 Å². The zero-order valence-electron chi connectivity index (χ0n) is 15.6. The molecule has 0 atom stereocenters. The maximum atomic E-state index is 12.2. The van der Waals surface area contributed by atoms with Crippen LogP contribution < -0.4 is 19.7 Å². The molecule has 2 aromatic carbocycles. The normalized spacial score (nSPS) is 14.2. The number of hydrogen-bond donors (Lipinski definition) is 1. The maximum absolute atomic E-state index is 12.2. The molecular weight excluding hydrogens is 344 g/mol. The number of hydrogen-bond acceptors (Lipinski definition) is 5. The molecular formula is C21H24N2O4. The number of nitrogens with zero attached hydrogens (tertiary/aromatic N) is 1. The van der Waals surface area contributed by atoms with E-state index >= 15 is 0 Å². The fourth-order valence-electron chi connectivity index (χ4n) is 2.89. The van der Waals surface area contributed by atoms with Crippen LogP contribution in [0.2, 0.25) is 0 Å². The number of morpholine rings is 1. The minimum Gasteiger partial charge on any atom is -0.493 e. The molecule has 6 nitrogen and oxygen atoms in total. The van der Waals surface area contributed by atoms with Crippen LogP contribution in [-0.2, 0) is 9.53 Å². The van der Waals surface area contributed by atoms with Crippen LogP contribution in [0.25, 0.3) is 6.08 Å². The first-order chi connectivity index (χ1) is 13.2. The molecule has 0 aromatic heterocycles. The molecule has 1 fully saturated rings. The lowest BCUT2D eigenvalue weighted by molar-refractivity contribution is -0.111. The number of carbonyl (C=O) groups excluding carboxylic acids is 1. The summed E-state index contributed by atoms with van der Waals surface area (Å²) in [5.74, 6) is 1.09. The van der Waals surface area contributed by atoms with E-state index in [-0.39, 0.29) is 5.91 Å². The summed E-state index contributed by atoms with van der Waals surface area (Å²) < 4.78 is 15.8. The number of ether oxygens (including phenoxy) is 3. The summed E-state index contributed by atoms with van der Waals surface area (Å²) in [5, 5.41) is 2.87. The zero-order valence-corrected chi connectivity index (χ0v) is 15.6. The predicted molar refractivity (Wildman–Crippen MR) is 107 cm³/mol. The smallest absolute Gasteiger partial charge is 0.248 e. The molecule has 0 aliphatic carbocycles. The van der Waals surface area contributed by atoms with Crippen LogP contribution in [0, 0.1) is 0 Å². The van der Waals surface area contributed by atoms with Crippen molar-refractivity contribution < 1.29 is 19.0 Å². The molecule has 1 N–H and O–H groups in total. The maximum Gasteiger partial charge on any atom is 0.248 e. The van der Waals surface area contributed by atoms with E-state index in [1.54, 1.807) is 26.4 Å². The van der Waals surface area contributed by atoms with Gasteiger partial charge in [-0.3, -0.25) is 4.79 Å². The van der Waals surface area contributed by atoms with Gasteiger partial charge in [-0.15, -0.1) is 0 Å². The van der Waals surface area contributed by atoms with Crippen LogP contribution >= 0.6 is 0 Å². The lowest BCUT2D eigenvalue weighted by Gasteiger charge is -2.28. The first-order valence-corrected chi connectivity index (χ1v) is 8.83. The van der Waals surface area contributed by atoms with Crippen molar-refractivity contribution in [2.24, 2.45) is 0 Å². The number of rotatable bonds is 6. The second kappa shape index (κ2) is 9.09. The largest absolute Gasteiger partial charge is 0.493 e. The quantitative estimate of drug-likeness (QED) is 0.794. The van der Waals surface area contributed by atoms with Crippen LogP contribution in [0.5, 0.6) is 11.5 Å². The molecule has 1 aliphatic heterocycles. The van der Waals surface area contributed by atoms with E-state index in [2.05, 4.69) is 10.2 Å². The van der Waals surface area contributed by atoms with Crippen LogP contribution in [0.1, 0.15) is 5.56 Å². The van der Waals surface area contributed by atoms with Gasteiger partial charge in [0.1, 0.15) is 0 Å². The number of nitrogens with one attached hydrogen (secondary N) is 1. The van der Waals surface area contributed by atoms with E-state index in [0.29, 0.717) is 11.5 Å². The van der Waals surface area contributed by atoms with Crippen molar-refractivity contribution in [3.63, 3.8) is 0 Å². The number of amides is 1. The van der Waals surface area contributed by atoms with Gasteiger partial charge in [-0.05, 0) is 48.0 Å². The summed E-state index contributed by atoms with van der Waals surface area (Å²) in [4.78, 5) is 14.4. The molecule has 0 radical (unpaired) electrons. The third-order valence-electron chi connectivity index (χ3n) is 4.35. The summed E-state index contributed by atoms with van der Waals surface area (Å²) in [6.07, 6.45) is 3.23. The molecule has 1 amide bonds. The summed E-state index contributed by atoms with van der Waals surface area (Å²) in [7, 11) is 3.17. The molecule has 142 valence electrons. The Bertz CT molecular complexity index is 796. The van der Waals surface area contributed by atoms with Crippen molar-refractivity contribution in [3.05, 3.63) is 54.1 Å². The zero-order chi connectivity index (χ0) is 19.1.